The third kappa shape index (κ3) is 4.98. The maximum Gasteiger partial charge on any atom is 0.272 e. The van der Waals surface area contributed by atoms with Crippen LogP contribution in [0.5, 0.6) is 0 Å². The first-order chi connectivity index (χ1) is 15.5. The van der Waals surface area contributed by atoms with Crippen molar-refractivity contribution in [2.24, 2.45) is 0 Å². The van der Waals surface area contributed by atoms with Crippen LogP contribution in [-0.4, -0.2) is 52.7 Å². The summed E-state index contributed by atoms with van der Waals surface area (Å²) >= 11 is 0. The topological polar surface area (TPSA) is 54.5 Å². The number of benzene rings is 2. The van der Waals surface area contributed by atoms with Crippen LogP contribution in [0.3, 0.4) is 0 Å². The Bertz CT molecular complexity index is 1160. The quantitative estimate of drug-likeness (QED) is 0.410. The molecule has 2 heterocycles. The monoisotopic (exact) mass is 428 g/mol. The van der Waals surface area contributed by atoms with E-state index in [1.807, 2.05) is 98.7 Å². The number of amides is 1. The molecule has 0 saturated carbocycles. The second-order valence-electron chi connectivity index (χ2n) is 8.16. The molecule has 2 aromatic heterocycles. The number of hydrogen-bond donors (Lipinski definition) is 0. The highest BCUT2D eigenvalue weighted by Gasteiger charge is 2.24. The standard InChI is InChI=1S/C26H28N4O2/c1-20-9-7-12-22(17-20)30-24(18-23(27-30)25-13-8-16-32-25)26(31)29(15-14-28(2)3)19-21-10-5-4-6-11-21/h4-13,16-18H,14-15,19H2,1-3H3. The van der Waals surface area contributed by atoms with Crippen LogP contribution in [0.25, 0.3) is 17.1 Å². The zero-order valence-electron chi connectivity index (χ0n) is 18.7. The lowest BCUT2D eigenvalue weighted by Crippen LogP contribution is -2.37. The van der Waals surface area contributed by atoms with Crippen molar-refractivity contribution in [1.29, 1.82) is 0 Å². The number of aromatic nitrogens is 2. The van der Waals surface area contributed by atoms with E-state index >= 15 is 0 Å². The summed E-state index contributed by atoms with van der Waals surface area (Å²) in [7, 11) is 4.02. The second-order valence-corrected chi connectivity index (χ2v) is 8.16. The maximum atomic E-state index is 13.8. The van der Waals surface area contributed by atoms with Gasteiger partial charge in [-0.3, -0.25) is 4.79 Å². The molecule has 164 valence electrons. The van der Waals surface area contributed by atoms with Crippen molar-refractivity contribution in [3.05, 3.63) is 95.9 Å². The molecule has 0 fully saturated rings. The van der Waals surface area contributed by atoms with Crippen LogP contribution in [-0.2, 0) is 6.54 Å². The van der Waals surface area contributed by atoms with Crippen molar-refractivity contribution < 1.29 is 9.21 Å². The van der Waals surface area contributed by atoms with E-state index in [0.29, 0.717) is 30.2 Å². The van der Waals surface area contributed by atoms with Crippen LogP contribution >= 0.6 is 0 Å². The third-order valence-electron chi connectivity index (χ3n) is 5.27. The number of likely N-dealkylation sites (N-methyl/N-ethyl adjacent to an activating group) is 1. The molecule has 0 aliphatic carbocycles. The molecule has 4 aromatic rings. The van der Waals surface area contributed by atoms with Crippen LogP contribution < -0.4 is 0 Å². The van der Waals surface area contributed by atoms with Crippen LogP contribution in [0.2, 0.25) is 0 Å². The van der Waals surface area contributed by atoms with Crippen LogP contribution in [0, 0.1) is 6.92 Å². The second kappa shape index (κ2) is 9.66. The lowest BCUT2D eigenvalue weighted by Gasteiger charge is -2.25. The molecule has 6 nitrogen and oxygen atoms in total. The Hall–Kier alpha value is -3.64. The molecule has 0 N–H and O–H groups in total. The Kier molecular flexibility index (Phi) is 6.52. The lowest BCUT2D eigenvalue weighted by atomic mass is 10.2. The molecule has 1 amide bonds. The minimum Gasteiger partial charge on any atom is -0.463 e. The van der Waals surface area contributed by atoms with Crippen molar-refractivity contribution in [3.63, 3.8) is 0 Å². The smallest absolute Gasteiger partial charge is 0.272 e. The van der Waals surface area contributed by atoms with E-state index in [2.05, 4.69) is 4.90 Å². The van der Waals surface area contributed by atoms with E-state index in [4.69, 9.17) is 9.52 Å². The molecule has 0 saturated heterocycles. The molecule has 6 heteroatoms. The Morgan fingerprint density at radius 3 is 2.47 bits per heavy atom. The van der Waals surface area contributed by atoms with Gasteiger partial charge in [0.25, 0.3) is 5.91 Å². The van der Waals surface area contributed by atoms with Crippen LogP contribution in [0.15, 0.2) is 83.5 Å². The molecule has 0 atom stereocenters. The predicted molar refractivity (Wildman–Crippen MR) is 126 cm³/mol. The first-order valence-corrected chi connectivity index (χ1v) is 10.7. The highest BCUT2D eigenvalue weighted by atomic mass is 16.3. The zero-order chi connectivity index (χ0) is 22.5. The van der Waals surface area contributed by atoms with Gasteiger partial charge in [0.05, 0.1) is 12.0 Å². The molecule has 32 heavy (non-hydrogen) atoms. The van der Waals surface area contributed by atoms with Crippen LogP contribution in [0.1, 0.15) is 21.6 Å². The third-order valence-corrected chi connectivity index (χ3v) is 5.27. The number of rotatable bonds is 8. The Morgan fingerprint density at radius 1 is 0.969 bits per heavy atom. The summed E-state index contributed by atoms with van der Waals surface area (Å²) in [5.74, 6) is 0.566. The normalized spacial score (nSPS) is 11.1. The van der Waals surface area contributed by atoms with E-state index in [0.717, 1.165) is 23.4 Å². The first-order valence-electron chi connectivity index (χ1n) is 10.7. The number of carbonyl (C=O) groups is 1. The summed E-state index contributed by atoms with van der Waals surface area (Å²) < 4.78 is 7.28. The molecule has 0 aliphatic heterocycles. The van der Waals surface area contributed by atoms with E-state index < -0.39 is 0 Å². The molecule has 2 aromatic carbocycles. The van der Waals surface area contributed by atoms with Gasteiger partial charge in [-0.1, -0.05) is 42.5 Å². The maximum absolute atomic E-state index is 13.8. The van der Waals surface area contributed by atoms with E-state index in [-0.39, 0.29) is 5.91 Å². The largest absolute Gasteiger partial charge is 0.463 e. The van der Waals surface area contributed by atoms with Gasteiger partial charge in [0.2, 0.25) is 0 Å². The number of hydrogen-bond acceptors (Lipinski definition) is 4. The predicted octanol–water partition coefficient (Wildman–Crippen LogP) is 4.64. The molecule has 0 radical (unpaired) electrons. The molecule has 0 aliphatic rings. The minimum absolute atomic E-state index is 0.0671. The molecule has 4 rings (SSSR count). The van der Waals surface area contributed by atoms with Gasteiger partial charge in [0.1, 0.15) is 11.4 Å². The summed E-state index contributed by atoms with van der Waals surface area (Å²) in [5, 5.41) is 4.73. The van der Waals surface area contributed by atoms with Crippen molar-refractivity contribution in [2.75, 3.05) is 27.2 Å². The Labute approximate surface area is 188 Å². The van der Waals surface area contributed by atoms with Gasteiger partial charge >= 0.3 is 0 Å². The minimum atomic E-state index is -0.0671. The fourth-order valence-electron chi connectivity index (χ4n) is 3.57. The average molecular weight is 429 g/mol. The molecular formula is C26H28N4O2. The molecule has 0 bridgehead atoms. The fraction of sp³-hybridized carbons (Fsp3) is 0.231. The van der Waals surface area contributed by atoms with Gasteiger partial charge in [-0.15, -0.1) is 0 Å². The average Bonchev–Trinajstić information content (AvgIpc) is 3.47. The van der Waals surface area contributed by atoms with E-state index in [1.54, 1.807) is 10.9 Å². The Morgan fingerprint density at radius 2 is 1.78 bits per heavy atom. The fourth-order valence-corrected chi connectivity index (χ4v) is 3.57. The summed E-state index contributed by atoms with van der Waals surface area (Å²) in [4.78, 5) is 17.8. The Balaban J connectivity index is 1.75. The molecule has 0 unspecified atom stereocenters. The van der Waals surface area contributed by atoms with Gasteiger partial charge in [-0.25, -0.2) is 4.68 Å². The molecular weight excluding hydrogens is 400 g/mol. The number of nitrogens with zero attached hydrogens (tertiary/aromatic N) is 4. The van der Waals surface area contributed by atoms with Gasteiger partial charge in [0, 0.05) is 25.7 Å². The summed E-state index contributed by atoms with van der Waals surface area (Å²) in [5.41, 5.74) is 4.18. The highest BCUT2D eigenvalue weighted by molar-refractivity contribution is 5.94. The van der Waals surface area contributed by atoms with E-state index in [1.165, 1.54) is 0 Å². The van der Waals surface area contributed by atoms with Gasteiger partial charge in [-0.2, -0.15) is 5.10 Å². The van der Waals surface area contributed by atoms with E-state index in [9.17, 15) is 4.79 Å². The van der Waals surface area contributed by atoms with Crippen molar-refractivity contribution in [1.82, 2.24) is 19.6 Å². The van der Waals surface area contributed by atoms with Crippen LogP contribution in [0.4, 0.5) is 0 Å². The summed E-state index contributed by atoms with van der Waals surface area (Å²) in [6, 6.07) is 23.5. The number of carbonyl (C=O) groups excluding carboxylic acids is 1. The number of aryl methyl sites for hydroxylation is 1. The van der Waals surface area contributed by atoms with Crippen molar-refractivity contribution in [2.45, 2.75) is 13.5 Å². The highest BCUT2D eigenvalue weighted by Crippen LogP contribution is 2.24. The summed E-state index contributed by atoms with van der Waals surface area (Å²) in [6.07, 6.45) is 1.61. The molecule has 0 spiro atoms. The van der Waals surface area contributed by atoms with Gasteiger partial charge in [-0.05, 0) is 56.4 Å². The van der Waals surface area contributed by atoms with Crippen molar-refractivity contribution >= 4 is 5.91 Å². The van der Waals surface area contributed by atoms with Crippen molar-refractivity contribution in [3.8, 4) is 17.1 Å². The lowest BCUT2D eigenvalue weighted by molar-refractivity contribution is 0.0722. The van der Waals surface area contributed by atoms with Gasteiger partial charge < -0.3 is 14.2 Å². The zero-order valence-corrected chi connectivity index (χ0v) is 18.7. The summed E-state index contributed by atoms with van der Waals surface area (Å²) in [6.45, 7) is 3.93. The first kappa shape index (κ1) is 21.6. The number of furan rings is 1. The SMILES string of the molecule is Cc1cccc(-n2nc(-c3ccco3)cc2C(=O)N(CCN(C)C)Cc2ccccc2)c1. The van der Waals surface area contributed by atoms with Gasteiger partial charge in [0.15, 0.2) is 5.76 Å².